The normalized spacial score (nSPS) is 16.5. The minimum Gasteiger partial charge on any atom is -0.494 e. The lowest BCUT2D eigenvalue weighted by Gasteiger charge is -2.35. The molecule has 1 aliphatic rings. The molecule has 2 amide bonds. The van der Waals surface area contributed by atoms with E-state index in [1.807, 2.05) is 76.2 Å². The molecule has 4 rings (SSSR count). The van der Waals surface area contributed by atoms with E-state index in [2.05, 4.69) is 15.6 Å². The molecule has 2 atom stereocenters. The first-order chi connectivity index (χ1) is 17.8. The third-order valence-corrected chi connectivity index (χ3v) is 6.86. The molecule has 3 aromatic rings. The maximum Gasteiger partial charge on any atom is 0.247 e. The second-order valence-corrected chi connectivity index (χ2v) is 10.0. The van der Waals surface area contributed by atoms with E-state index < -0.39 is 11.6 Å². The van der Waals surface area contributed by atoms with Gasteiger partial charge < -0.3 is 19.7 Å². The molecule has 2 aromatic carbocycles. The van der Waals surface area contributed by atoms with Crippen LogP contribution in [0.1, 0.15) is 58.6 Å². The van der Waals surface area contributed by atoms with Crippen molar-refractivity contribution < 1.29 is 19.1 Å². The van der Waals surface area contributed by atoms with Crippen LogP contribution in [0.4, 0.5) is 0 Å². The topological polar surface area (TPSA) is 98.6 Å². The number of fused-ring (bicyclic) bond motifs is 1. The number of hydrogen-bond donors (Lipinski definition) is 1. The summed E-state index contributed by atoms with van der Waals surface area (Å²) in [6.45, 7) is 9.38. The van der Waals surface area contributed by atoms with E-state index in [-0.39, 0.29) is 24.5 Å². The zero-order valence-corrected chi connectivity index (χ0v) is 22.1. The summed E-state index contributed by atoms with van der Waals surface area (Å²) in [5.41, 5.74) is 1.76. The summed E-state index contributed by atoms with van der Waals surface area (Å²) in [7, 11) is 0. The van der Waals surface area contributed by atoms with Crippen LogP contribution in [0, 0.1) is 0 Å². The fourth-order valence-electron chi connectivity index (χ4n) is 4.49. The lowest BCUT2D eigenvalue weighted by atomic mass is 9.98. The maximum atomic E-state index is 13.9. The van der Waals surface area contributed by atoms with Crippen molar-refractivity contribution in [2.75, 3.05) is 19.8 Å². The second-order valence-electron chi connectivity index (χ2n) is 10.0. The third kappa shape index (κ3) is 6.46. The van der Waals surface area contributed by atoms with Gasteiger partial charge in [-0.25, -0.2) is 4.68 Å². The number of hydrogen-bond acceptors (Lipinski definition) is 6. The van der Waals surface area contributed by atoms with E-state index in [9.17, 15) is 9.59 Å². The largest absolute Gasteiger partial charge is 0.494 e. The monoisotopic (exact) mass is 507 g/mol. The molecular weight excluding hydrogens is 470 g/mol. The first-order valence-corrected chi connectivity index (χ1v) is 13.1. The predicted molar refractivity (Wildman–Crippen MR) is 141 cm³/mol. The van der Waals surface area contributed by atoms with Crippen LogP contribution in [0.15, 0.2) is 48.5 Å². The molecule has 1 aromatic heterocycles. The summed E-state index contributed by atoms with van der Waals surface area (Å²) in [4.78, 5) is 29.4. The van der Waals surface area contributed by atoms with Gasteiger partial charge in [-0.15, -0.1) is 5.10 Å². The number of rotatable bonds is 11. The lowest BCUT2D eigenvalue weighted by Crippen LogP contribution is -2.52. The number of carbonyl (C=O) groups is 2. The van der Waals surface area contributed by atoms with Gasteiger partial charge in [0.05, 0.1) is 18.2 Å². The number of amides is 2. The smallest absolute Gasteiger partial charge is 0.247 e. The fourth-order valence-corrected chi connectivity index (χ4v) is 4.49. The van der Waals surface area contributed by atoms with Crippen LogP contribution >= 0.6 is 0 Å². The first-order valence-electron chi connectivity index (χ1n) is 13.1. The number of para-hydroxylation sites is 1. The molecule has 0 spiro atoms. The highest BCUT2D eigenvalue weighted by Gasteiger charge is 2.36. The summed E-state index contributed by atoms with van der Waals surface area (Å²) in [5, 5.41) is 11.5. The molecule has 0 aliphatic carbocycles. The average molecular weight is 508 g/mol. The summed E-state index contributed by atoms with van der Waals surface area (Å²) in [6, 6.07) is 14.1. The maximum absolute atomic E-state index is 13.9. The Morgan fingerprint density at radius 3 is 2.62 bits per heavy atom. The van der Waals surface area contributed by atoms with Gasteiger partial charge in [0.15, 0.2) is 0 Å². The van der Waals surface area contributed by atoms with Crippen LogP contribution < -0.4 is 10.1 Å². The number of nitrogens with zero attached hydrogens (tertiary/aromatic N) is 4. The standard InChI is InChI=1S/C28H37N5O4/c1-5-28(3,4)29-27(35)26(20-13-15-21(16-14-20)36-6-2)32(18-22-10-9-17-37-22)25(34)19-33-24-12-8-7-11-23(24)30-31-33/h7-8,11-16,22,26H,5-6,9-10,17-19H2,1-4H3,(H,29,35). The molecule has 0 radical (unpaired) electrons. The van der Waals surface area contributed by atoms with Gasteiger partial charge in [0, 0.05) is 18.7 Å². The zero-order valence-electron chi connectivity index (χ0n) is 22.1. The Kier molecular flexibility index (Phi) is 8.43. The minimum absolute atomic E-state index is 0.0365. The van der Waals surface area contributed by atoms with E-state index in [0.29, 0.717) is 36.6 Å². The molecule has 9 heteroatoms. The molecule has 0 saturated carbocycles. The van der Waals surface area contributed by atoms with E-state index in [0.717, 1.165) is 24.8 Å². The molecule has 0 bridgehead atoms. The van der Waals surface area contributed by atoms with Crippen molar-refractivity contribution in [3.8, 4) is 5.75 Å². The molecular formula is C28H37N5O4. The molecule has 9 nitrogen and oxygen atoms in total. The molecule has 1 fully saturated rings. The van der Waals surface area contributed by atoms with Gasteiger partial charge in [0.25, 0.3) is 0 Å². The van der Waals surface area contributed by atoms with Gasteiger partial charge in [0.2, 0.25) is 11.8 Å². The van der Waals surface area contributed by atoms with Gasteiger partial charge >= 0.3 is 0 Å². The van der Waals surface area contributed by atoms with Crippen molar-refractivity contribution in [2.24, 2.45) is 0 Å². The van der Waals surface area contributed by atoms with Crippen molar-refractivity contribution in [3.63, 3.8) is 0 Å². The van der Waals surface area contributed by atoms with Crippen molar-refractivity contribution in [3.05, 3.63) is 54.1 Å². The lowest BCUT2D eigenvalue weighted by molar-refractivity contribution is -0.144. The fraction of sp³-hybridized carbons (Fsp3) is 0.500. The Morgan fingerprint density at radius 1 is 1.19 bits per heavy atom. The summed E-state index contributed by atoms with van der Waals surface area (Å²) < 4.78 is 13.1. The number of nitrogens with one attached hydrogen (secondary N) is 1. The molecule has 37 heavy (non-hydrogen) atoms. The summed E-state index contributed by atoms with van der Waals surface area (Å²) in [6.07, 6.45) is 2.39. The van der Waals surface area contributed by atoms with Crippen molar-refractivity contribution in [2.45, 2.75) is 71.2 Å². The van der Waals surface area contributed by atoms with Gasteiger partial charge in [-0.3, -0.25) is 9.59 Å². The summed E-state index contributed by atoms with van der Waals surface area (Å²) >= 11 is 0. The molecule has 1 saturated heterocycles. The van der Waals surface area contributed by atoms with E-state index in [1.165, 1.54) is 0 Å². The predicted octanol–water partition coefficient (Wildman–Crippen LogP) is 3.88. The first kappa shape index (κ1) is 26.6. The number of benzene rings is 2. The molecule has 198 valence electrons. The van der Waals surface area contributed by atoms with E-state index in [4.69, 9.17) is 9.47 Å². The Morgan fingerprint density at radius 2 is 1.95 bits per heavy atom. The average Bonchev–Trinajstić information content (AvgIpc) is 3.55. The van der Waals surface area contributed by atoms with Gasteiger partial charge in [0.1, 0.15) is 23.9 Å². The van der Waals surface area contributed by atoms with E-state index >= 15 is 0 Å². The zero-order chi connectivity index (χ0) is 26.4. The minimum atomic E-state index is -0.840. The quantitative estimate of drug-likeness (QED) is 0.423. The van der Waals surface area contributed by atoms with Crippen LogP contribution in [0.3, 0.4) is 0 Å². The molecule has 1 aliphatic heterocycles. The number of carbonyl (C=O) groups excluding carboxylic acids is 2. The van der Waals surface area contributed by atoms with E-state index in [1.54, 1.807) is 9.58 Å². The highest BCUT2D eigenvalue weighted by atomic mass is 16.5. The molecule has 2 heterocycles. The Labute approximate surface area is 218 Å². The Hall–Kier alpha value is -3.46. The van der Waals surface area contributed by atoms with Crippen LogP contribution in [-0.2, 0) is 20.9 Å². The second kappa shape index (κ2) is 11.7. The summed E-state index contributed by atoms with van der Waals surface area (Å²) in [5.74, 6) is 0.255. The molecule has 1 N–H and O–H groups in total. The number of aromatic nitrogens is 3. The van der Waals surface area contributed by atoms with Crippen LogP contribution in [0.25, 0.3) is 11.0 Å². The van der Waals surface area contributed by atoms with Crippen LogP contribution in [0.2, 0.25) is 0 Å². The SMILES string of the molecule is CCOc1ccc(C(C(=O)NC(C)(C)CC)N(CC2CCCO2)C(=O)Cn2nnc3ccccc32)cc1. The highest BCUT2D eigenvalue weighted by molar-refractivity contribution is 5.89. The van der Waals surface area contributed by atoms with Crippen molar-refractivity contribution >= 4 is 22.8 Å². The van der Waals surface area contributed by atoms with Gasteiger partial charge in [-0.2, -0.15) is 0 Å². The highest BCUT2D eigenvalue weighted by Crippen LogP contribution is 2.28. The van der Waals surface area contributed by atoms with Crippen molar-refractivity contribution in [1.82, 2.24) is 25.2 Å². The molecule has 2 unspecified atom stereocenters. The Bertz CT molecular complexity index is 1200. The van der Waals surface area contributed by atoms with Gasteiger partial charge in [-0.05, 0) is 69.9 Å². The van der Waals surface area contributed by atoms with Crippen LogP contribution in [-0.4, -0.2) is 63.1 Å². The van der Waals surface area contributed by atoms with Crippen molar-refractivity contribution in [1.29, 1.82) is 0 Å². The Balaban J connectivity index is 1.71. The van der Waals surface area contributed by atoms with Gasteiger partial charge in [-0.1, -0.05) is 36.4 Å². The van der Waals surface area contributed by atoms with Crippen LogP contribution in [0.5, 0.6) is 5.75 Å². The number of ether oxygens (including phenoxy) is 2. The third-order valence-electron chi connectivity index (χ3n) is 6.86.